The van der Waals surface area contributed by atoms with Crippen molar-refractivity contribution in [2.45, 2.75) is 76.5 Å². The van der Waals surface area contributed by atoms with Crippen LogP contribution in [0.15, 0.2) is 222 Å². The number of rotatable bonds is 13. The van der Waals surface area contributed by atoms with Crippen LogP contribution in [0, 0.1) is 17.4 Å². The Hall–Kier alpha value is -8.93. The Bertz CT molecular complexity index is 4920. The fourth-order valence-electron chi connectivity index (χ4n) is 10.8. The summed E-state index contributed by atoms with van der Waals surface area (Å²) >= 11 is 2.10. The molecule has 0 saturated heterocycles. The van der Waals surface area contributed by atoms with Gasteiger partial charge in [-0.1, -0.05) is 134 Å². The monoisotopic (exact) mass is 1370 g/mol. The van der Waals surface area contributed by atoms with E-state index in [1.54, 1.807) is 91.3 Å². The van der Waals surface area contributed by atoms with Crippen molar-refractivity contribution < 1.29 is 54.8 Å². The van der Waals surface area contributed by atoms with Crippen LogP contribution >= 0.6 is 22.6 Å². The number of aromatic nitrogens is 4. The first kappa shape index (κ1) is 63.6. The van der Waals surface area contributed by atoms with Crippen LogP contribution in [0.5, 0.6) is 0 Å². The molecule has 462 valence electrons. The van der Waals surface area contributed by atoms with Crippen LogP contribution in [0.2, 0.25) is 0 Å². The Kier molecular flexibility index (Phi) is 19.3. The number of carbonyl (C=O) groups is 2. The minimum Gasteiger partial charge on any atom is -0.465 e. The van der Waals surface area contributed by atoms with E-state index in [0.717, 1.165) is 69.8 Å². The Labute approximate surface area is 541 Å². The number of hydrogen-bond acceptors (Lipinski definition) is 14. The summed E-state index contributed by atoms with van der Waals surface area (Å²) in [7, 11) is -4.96. The molecule has 0 amide bonds. The van der Waals surface area contributed by atoms with Gasteiger partial charge in [-0.15, -0.1) is 0 Å². The van der Waals surface area contributed by atoms with Gasteiger partial charge in [0.05, 0.1) is 83.6 Å². The van der Waals surface area contributed by atoms with Crippen LogP contribution < -0.4 is 0 Å². The summed E-state index contributed by atoms with van der Waals surface area (Å²) in [5.74, 6) is -0.748. The molecule has 12 aromatic rings. The maximum atomic E-state index is 13.9. The molecule has 8 aromatic carbocycles. The van der Waals surface area contributed by atoms with Crippen molar-refractivity contribution in [1.82, 2.24) is 17.9 Å². The van der Waals surface area contributed by atoms with E-state index >= 15 is 0 Å². The topological polar surface area (TPSA) is 193 Å². The molecule has 0 bridgehead atoms. The molecule has 0 spiro atoms. The molecule has 0 saturated carbocycles. The average molecular weight is 1370 g/mol. The third kappa shape index (κ3) is 13.3. The lowest BCUT2D eigenvalue weighted by atomic mass is 9.96. The minimum atomic E-state index is -3.93. The molecule has 0 aliphatic carbocycles. The molecule has 6 heterocycles. The predicted molar refractivity (Wildman–Crippen MR) is 358 cm³/mol. The fraction of sp³-hybridized carbons (Fsp3) is 0.167. The second-order valence-corrected chi connectivity index (χ2v) is 25.9. The van der Waals surface area contributed by atoms with Crippen molar-refractivity contribution in [3.63, 3.8) is 0 Å². The molecular weight excluding hydrogens is 1300 g/mol. The van der Waals surface area contributed by atoms with Crippen molar-refractivity contribution >= 4 is 98.2 Å². The van der Waals surface area contributed by atoms with E-state index in [-0.39, 0.29) is 29.0 Å². The molecular formula is C72H63IN4O12S2. The van der Waals surface area contributed by atoms with E-state index < -0.39 is 38.6 Å². The second-order valence-electron chi connectivity index (χ2n) is 21.2. The van der Waals surface area contributed by atoms with Crippen LogP contribution in [0.3, 0.4) is 0 Å². The molecule has 19 heteroatoms. The summed E-state index contributed by atoms with van der Waals surface area (Å²) in [6, 6.07) is 61.0. The number of carbonyl (C=O) groups excluding carboxylic acids is 2. The number of para-hydroxylation sites is 3. The van der Waals surface area contributed by atoms with Gasteiger partial charge >= 0.3 is 11.9 Å². The summed E-state index contributed by atoms with van der Waals surface area (Å²) in [4.78, 5) is 33.6. The highest BCUT2D eigenvalue weighted by Crippen LogP contribution is 2.38. The van der Waals surface area contributed by atoms with Crippen LogP contribution in [-0.2, 0) is 74.9 Å². The second kappa shape index (κ2) is 27.7. The Morgan fingerprint density at radius 1 is 0.505 bits per heavy atom. The van der Waals surface area contributed by atoms with Gasteiger partial charge in [0.2, 0.25) is 12.6 Å². The van der Waals surface area contributed by atoms with E-state index in [1.807, 2.05) is 137 Å². The van der Waals surface area contributed by atoms with E-state index in [4.69, 9.17) is 33.7 Å². The highest BCUT2D eigenvalue weighted by atomic mass is 127. The number of esters is 2. The largest absolute Gasteiger partial charge is 0.465 e. The van der Waals surface area contributed by atoms with E-state index in [1.165, 1.54) is 22.2 Å². The first-order valence-electron chi connectivity index (χ1n) is 29.2. The molecule has 2 aliphatic rings. The van der Waals surface area contributed by atoms with Gasteiger partial charge < -0.3 is 28.4 Å². The molecule has 0 fully saturated rings. The molecule has 2 atom stereocenters. The van der Waals surface area contributed by atoms with Crippen molar-refractivity contribution in [3.05, 3.63) is 272 Å². The number of nitrogens with zero attached hydrogens (tertiary/aromatic N) is 4. The van der Waals surface area contributed by atoms with Gasteiger partial charge in [0, 0.05) is 59.8 Å². The normalized spacial score (nSPS) is 14.1. The van der Waals surface area contributed by atoms with Gasteiger partial charge in [0.1, 0.15) is 11.4 Å². The third-order valence-corrected chi connectivity index (χ3v) is 19.7. The van der Waals surface area contributed by atoms with Crippen molar-refractivity contribution in [1.29, 1.82) is 0 Å². The van der Waals surface area contributed by atoms with Crippen LogP contribution in [0.4, 0.5) is 0 Å². The highest BCUT2D eigenvalue weighted by molar-refractivity contribution is 14.1. The zero-order valence-corrected chi connectivity index (χ0v) is 54.4. The lowest BCUT2D eigenvalue weighted by Gasteiger charge is -2.17. The van der Waals surface area contributed by atoms with E-state index in [2.05, 4.69) is 39.5 Å². The number of methoxy groups -OCH3 is 2. The summed E-state index contributed by atoms with van der Waals surface area (Å²) in [5, 5.41) is 3.59. The zero-order valence-electron chi connectivity index (χ0n) is 50.6. The van der Waals surface area contributed by atoms with Crippen LogP contribution in [0.25, 0.3) is 54.7 Å². The third-order valence-electron chi connectivity index (χ3n) is 15.3. The van der Waals surface area contributed by atoms with Crippen LogP contribution in [-0.4, -0.2) is 60.9 Å². The molecule has 4 aromatic heterocycles. The quantitative estimate of drug-likeness (QED) is 0.0781. The van der Waals surface area contributed by atoms with Crippen molar-refractivity contribution in [2.24, 2.45) is 0 Å². The Balaban J connectivity index is 0.000000160. The Morgan fingerprint density at radius 2 is 0.956 bits per heavy atom. The molecule has 14 rings (SSSR count). The first-order chi connectivity index (χ1) is 44.1. The van der Waals surface area contributed by atoms with Crippen molar-refractivity contribution in [3.8, 4) is 11.1 Å². The van der Waals surface area contributed by atoms with E-state index in [0.29, 0.717) is 57.6 Å². The average Bonchev–Trinajstić information content (AvgIpc) is 1.72. The molecule has 2 unspecified atom stereocenters. The highest BCUT2D eigenvalue weighted by Gasteiger charge is 2.30. The SMILES string of the molecule is CC.COC(=O)c1ccccc1-c1cc(COC2OCc3cc4ccccc4nc32)c2c(ccn2S(=O)(=O)c2ccc(C)cc2)c1.COC(=O)c1ccccc1I.Cc1ccc(S(=O)(=O)n2ccc3cccc(COC4OCc5cc6ccccc6nc54)c32)cc1. The van der Waals surface area contributed by atoms with Gasteiger partial charge in [-0.05, 0) is 139 Å². The molecule has 2 aliphatic heterocycles. The Morgan fingerprint density at radius 3 is 1.49 bits per heavy atom. The van der Waals surface area contributed by atoms with Gasteiger partial charge in [-0.3, -0.25) is 0 Å². The summed E-state index contributed by atoms with van der Waals surface area (Å²) < 4.78 is 92.1. The van der Waals surface area contributed by atoms with Crippen LogP contribution in [0.1, 0.15) is 91.9 Å². The summed E-state index contributed by atoms with van der Waals surface area (Å²) in [6.45, 7) is 8.83. The maximum absolute atomic E-state index is 13.9. The van der Waals surface area contributed by atoms with Gasteiger partial charge in [-0.25, -0.2) is 44.3 Å². The summed E-state index contributed by atoms with van der Waals surface area (Å²) in [5.41, 5.74) is 12.0. The number of halogens is 1. The standard InChI is InChI=1S/C35H28N2O6S.C27H22N2O4S.C8H7IO2.C2H6/c1-22-11-13-28(14-12-22)44(39,40)37-16-15-24-18-25(29-8-4-5-9-30(29)34(38)41-2)19-27(33(24)37)21-43-35-32-26(20-42-35)17-23-7-3-6-10-31(23)36-32;1-18-9-11-23(12-10-18)34(30,31)29-14-13-19-6-4-7-21(26(19)29)16-32-27-25-22(17-33-27)15-20-5-2-3-8-24(20)28-25;1-11-8(10)6-4-2-3-5-7(6)9;1-2/h3-19,35H,20-21H2,1-2H3;2-15,27H,16-17H2,1H3;2-5H,1H3;1-2H3. The maximum Gasteiger partial charge on any atom is 0.338 e. The molecule has 91 heavy (non-hydrogen) atoms. The number of ether oxygens (including phenoxy) is 6. The lowest BCUT2D eigenvalue weighted by Crippen LogP contribution is -2.13. The fourth-order valence-corrected chi connectivity index (χ4v) is 14.2. The van der Waals surface area contributed by atoms with Gasteiger partial charge in [0.15, 0.2) is 0 Å². The summed E-state index contributed by atoms with van der Waals surface area (Å²) in [6.07, 6.45) is 1.81. The number of hydrogen-bond donors (Lipinski definition) is 0. The molecule has 0 radical (unpaired) electrons. The zero-order chi connectivity index (χ0) is 64.0. The number of fused-ring (bicyclic) bond motifs is 6. The van der Waals surface area contributed by atoms with Gasteiger partial charge in [0.25, 0.3) is 20.0 Å². The van der Waals surface area contributed by atoms with Gasteiger partial charge in [-0.2, -0.15) is 0 Å². The van der Waals surface area contributed by atoms with Crippen molar-refractivity contribution in [2.75, 3.05) is 14.2 Å². The molecule has 16 nitrogen and oxygen atoms in total. The smallest absolute Gasteiger partial charge is 0.338 e. The first-order valence-corrected chi connectivity index (χ1v) is 33.2. The lowest BCUT2D eigenvalue weighted by molar-refractivity contribution is -0.147. The van der Waals surface area contributed by atoms with E-state index in [9.17, 15) is 26.4 Å². The minimum absolute atomic E-state index is 0.0246. The predicted octanol–water partition coefficient (Wildman–Crippen LogP) is 15.5. The number of aryl methyl sites for hydroxylation is 2. The number of benzene rings is 8. The molecule has 0 N–H and O–H groups in total. The number of pyridine rings is 2.